The van der Waals surface area contributed by atoms with Crippen molar-refractivity contribution in [2.45, 2.75) is 53.1 Å². The molecule has 5 rings (SSSR count). The molecule has 2 aromatic carbocycles. The summed E-state index contributed by atoms with van der Waals surface area (Å²) in [6.45, 7) is 10.6. The Morgan fingerprint density at radius 1 is 1.12 bits per heavy atom. The summed E-state index contributed by atoms with van der Waals surface area (Å²) in [4.78, 5) is 30.9. The number of benzene rings is 2. The zero-order valence-corrected chi connectivity index (χ0v) is 24.6. The molecule has 2 aliphatic rings. The molecule has 9 heteroatoms. The van der Waals surface area contributed by atoms with Gasteiger partial charge >= 0.3 is 0 Å². The number of nitrogens with one attached hydrogen (secondary N) is 2. The fraction of sp³-hybridized carbons (Fsp3) is 0.452. The number of aryl methyl sites for hydroxylation is 1. The molecule has 0 bridgehead atoms. The monoisotopic (exact) mass is 562 g/mol. The molecule has 1 aromatic heterocycles. The fourth-order valence-electron chi connectivity index (χ4n) is 5.37. The number of hydrogen-bond donors (Lipinski definition) is 2. The normalized spacial score (nSPS) is 16.1. The van der Waals surface area contributed by atoms with E-state index in [1.54, 1.807) is 27.9 Å². The van der Waals surface area contributed by atoms with Crippen molar-refractivity contribution in [3.05, 3.63) is 70.4 Å². The summed E-state index contributed by atoms with van der Waals surface area (Å²) >= 11 is 6.66. The molecule has 2 N–H and O–H groups in total. The minimum absolute atomic E-state index is 0.0382. The van der Waals surface area contributed by atoms with Crippen LogP contribution in [0.4, 0.5) is 17.2 Å². The van der Waals surface area contributed by atoms with Gasteiger partial charge in [0.25, 0.3) is 5.91 Å². The summed E-state index contributed by atoms with van der Waals surface area (Å²) < 4.78 is 1.77. The third kappa shape index (κ3) is 6.34. The number of para-hydroxylation sites is 2. The number of amides is 2. The first-order chi connectivity index (χ1) is 19.1. The number of nitrogens with zero attached hydrogens (tertiary/aromatic N) is 4. The first-order valence-electron chi connectivity index (χ1n) is 14.1. The highest BCUT2D eigenvalue weighted by atomic mass is 35.5. The third-order valence-corrected chi connectivity index (χ3v) is 8.22. The van der Waals surface area contributed by atoms with Gasteiger partial charge in [-0.25, -0.2) is 0 Å². The van der Waals surface area contributed by atoms with Crippen LogP contribution in [0.1, 0.15) is 61.5 Å². The summed E-state index contributed by atoms with van der Waals surface area (Å²) in [5.41, 5.74) is 4.14. The van der Waals surface area contributed by atoms with Crippen LogP contribution in [0.15, 0.2) is 48.7 Å². The third-order valence-electron chi connectivity index (χ3n) is 7.90. The van der Waals surface area contributed by atoms with Crippen molar-refractivity contribution in [3.8, 4) is 0 Å². The van der Waals surface area contributed by atoms with Gasteiger partial charge in [-0.05, 0) is 74.1 Å². The van der Waals surface area contributed by atoms with Gasteiger partial charge in [-0.2, -0.15) is 5.10 Å². The molecule has 8 nitrogen and oxygen atoms in total. The summed E-state index contributed by atoms with van der Waals surface area (Å²) in [5, 5.41) is 11.2. The molecule has 0 aliphatic carbocycles. The molecule has 1 fully saturated rings. The Labute approximate surface area is 241 Å². The predicted molar refractivity (Wildman–Crippen MR) is 160 cm³/mol. The van der Waals surface area contributed by atoms with Crippen molar-refractivity contribution in [2.75, 3.05) is 29.9 Å². The highest BCUT2D eigenvalue weighted by molar-refractivity contribution is 6.34. The average Bonchev–Trinajstić information content (AvgIpc) is 3.17. The maximum Gasteiger partial charge on any atom is 0.260 e. The van der Waals surface area contributed by atoms with Gasteiger partial charge in [0, 0.05) is 25.1 Å². The Morgan fingerprint density at radius 2 is 1.88 bits per heavy atom. The van der Waals surface area contributed by atoms with Crippen LogP contribution in [0.25, 0.3) is 0 Å². The van der Waals surface area contributed by atoms with Crippen LogP contribution < -0.4 is 15.5 Å². The lowest BCUT2D eigenvalue weighted by molar-refractivity contribution is -0.126. The average molecular weight is 563 g/mol. The molecule has 0 unspecified atom stereocenters. The maximum atomic E-state index is 13.8. The van der Waals surface area contributed by atoms with Crippen molar-refractivity contribution in [1.82, 2.24) is 20.0 Å². The molecule has 0 spiro atoms. The van der Waals surface area contributed by atoms with Gasteiger partial charge in [0.05, 0.1) is 34.7 Å². The number of aromatic nitrogens is 2. The lowest BCUT2D eigenvalue weighted by Crippen LogP contribution is -2.41. The minimum Gasteiger partial charge on any atom is -0.352 e. The highest BCUT2D eigenvalue weighted by Gasteiger charge is 2.28. The van der Waals surface area contributed by atoms with E-state index in [4.69, 9.17) is 11.6 Å². The highest BCUT2D eigenvalue weighted by Crippen LogP contribution is 2.36. The van der Waals surface area contributed by atoms with Crippen molar-refractivity contribution in [1.29, 1.82) is 0 Å². The zero-order valence-electron chi connectivity index (χ0n) is 23.8. The van der Waals surface area contributed by atoms with E-state index in [1.807, 2.05) is 37.4 Å². The van der Waals surface area contributed by atoms with Gasteiger partial charge in [-0.15, -0.1) is 0 Å². The van der Waals surface area contributed by atoms with Crippen molar-refractivity contribution >= 4 is 40.6 Å². The quantitative estimate of drug-likeness (QED) is 0.400. The van der Waals surface area contributed by atoms with Crippen LogP contribution in [-0.2, 0) is 24.9 Å². The number of likely N-dealkylation sites (tertiary alicyclic amines) is 1. The topological polar surface area (TPSA) is 82.5 Å². The SMILES string of the molecule is Cn1ncc2c1Nc1ccccc1N(C(=O)c1ccc(CNC(=O)C3CCN(CCC(C)(C)C)CC3)cc1Cl)C2. The molecule has 0 saturated carbocycles. The van der Waals surface area contributed by atoms with E-state index in [-0.39, 0.29) is 17.7 Å². The van der Waals surface area contributed by atoms with Gasteiger partial charge in [-0.1, -0.05) is 50.6 Å². The van der Waals surface area contributed by atoms with E-state index in [9.17, 15) is 9.59 Å². The smallest absolute Gasteiger partial charge is 0.260 e. The molecule has 0 radical (unpaired) electrons. The molecule has 3 aromatic rings. The van der Waals surface area contributed by atoms with Gasteiger partial charge < -0.3 is 20.4 Å². The standard InChI is InChI=1S/C31H39ClN6O2/c1-31(2,3)13-16-37-14-11-22(12-15-37)29(39)33-18-21-9-10-24(25(32)17-21)30(40)38-20-23-19-34-36(4)28(23)35-26-7-5-6-8-27(26)38/h5-10,17,19,22,35H,11-16,18,20H2,1-4H3,(H,33,39). The van der Waals surface area contributed by atoms with Crippen LogP contribution in [0.2, 0.25) is 5.02 Å². The number of carbonyl (C=O) groups excluding carboxylic acids is 2. The second-order valence-electron chi connectivity index (χ2n) is 12.1. The molecule has 2 amide bonds. The van der Waals surface area contributed by atoms with Crippen LogP contribution >= 0.6 is 11.6 Å². The second kappa shape index (κ2) is 11.6. The molecule has 212 valence electrons. The van der Waals surface area contributed by atoms with Crippen molar-refractivity contribution < 1.29 is 9.59 Å². The number of piperidine rings is 1. The summed E-state index contributed by atoms with van der Waals surface area (Å²) in [6, 6.07) is 13.1. The van der Waals surface area contributed by atoms with Crippen LogP contribution in [0, 0.1) is 11.3 Å². The minimum atomic E-state index is -0.190. The zero-order chi connectivity index (χ0) is 28.4. The number of halogens is 1. The van der Waals surface area contributed by atoms with E-state index in [0.717, 1.165) is 67.2 Å². The fourth-order valence-corrected chi connectivity index (χ4v) is 5.66. The first-order valence-corrected chi connectivity index (χ1v) is 14.4. The number of hydrogen-bond acceptors (Lipinski definition) is 5. The summed E-state index contributed by atoms with van der Waals surface area (Å²) in [6.07, 6.45) is 4.70. The molecule has 2 aliphatic heterocycles. The molecule has 40 heavy (non-hydrogen) atoms. The Hall–Kier alpha value is -3.36. The van der Waals surface area contributed by atoms with E-state index in [0.29, 0.717) is 29.1 Å². The second-order valence-corrected chi connectivity index (χ2v) is 12.5. The Bertz CT molecular complexity index is 1390. The maximum absolute atomic E-state index is 13.8. The van der Waals surface area contributed by atoms with Gasteiger partial charge in [0.2, 0.25) is 5.91 Å². The lowest BCUT2D eigenvalue weighted by Gasteiger charge is -2.33. The van der Waals surface area contributed by atoms with Crippen molar-refractivity contribution in [2.24, 2.45) is 18.4 Å². The van der Waals surface area contributed by atoms with E-state index in [2.05, 4.69) is 41.4 Å². The Kier molecular flexibility index (Phi) is 8.19. The molecule has 1 saturated heterocycles. The number of fused-ring (bicyclic) bond motifs is 2. The summed E-state index contributed by atoms with van der Waals surface area (Å²) in [7, 11) is 1.87. The van der Waals surface area contributed by atoms with E-state index in [1.165, 1.54) is 0 Å². The number of carbonyl (C=O) groups is 2. The van der Waals surface area contributed by atoms with Gasteiger partial charge in [0.15, 0.2) is 0 Å². The van der Waals surface area contributed by atoms with Crippen LogP contribution in [-0.4, -0.2) is 46.1 Å². The van der Waals surface area contributed by atoms with E-state index >= 15 is 0 Å². The van der Waals surface area contributed by atoms with Crippen molar-refractivity contribution in [3.63, 3.8) is 0 Å². The first kappa shape index (κ1) is 28.2. The van der Waals surface area contributed by atoms with E-state index < -0.39 is 0 Å². The lowest BCUT2D eigenvalue weighted by atomic mass is 9.90. The Morgan fingerprint density at radius 3 is 2.60 bits per heavy atom. The Balaban J connectivity index is 1.21. The van der Waals surface area contributed by atoms with Crippen LogP contribution in [0.5, 0.6) is 0 Å². The molecule has 3 heterocycles. The summed E-state index contributed by atoms with van der Waals surface area (Å²) in [5.74, 6) is 0.796. The predicted octanol–water partition coefficient (Wildman–Crippen LogP) is 5.74. The van der Waals surface area contributed by atoms with Crippen LogP contribution in [0.3, 0.4) is 0 Å². The largest absolute Gasteiger partial charge is 0.352 e. The molecular weight excluding hydrogens is 524 g/mol. The van der Waals surface area contributed by atoms with Gasteiger partial charge in [-0.3, -0.25) is 14.3 Å². The molecular formula is C31H39ClN6O2. The van der Waals surface area contributed by atoms with Gasteiger partial charge in [0.1, 0.15) is 5.82 Å². The number of rotatable bonds is 6. The molecule has 0 atom stereocenters. The number of anilines is 3.